The average molecular weight is 261 g/mol. The first-order valence-corrected chi connectivity index (χ1v) is 7.06. The highest BCUT2D eigenvalue weighted by atomic mass is 32.1. The summed E-state index contributed by atoms with van der Waals surface area (Å²) in [5.41, 5.74) is 1.33. The van der Waals surface area contributed by atoms with E-state index in [-0.39, 0.29) is 6.04 Å². The van der Waals surface area contributed by atoms with Gasteiger partial charge < -0.3 is 10.4 Å². The summed E-state index contributed by atoms with van der Waals surface area (Å²) >= 11 is 1.76. The molecule has 0 bridgehead atoms. The van der Waals surface area contributed by atoms with Crippen molar-refractivity contribution in [3.05, 3.63) is 35.2 Å². The van der Waals surface area contributed by atoms with E-state index in [1.807, 2.05) is 0 Å². The van der Waals surface area contributed by atoms with Crippen LogP contribution in [0.25, 0.3) is 10.1 Å². The zero-order valence-corrected chi connectivity index (χ0v) is 10.7. The van der Waals surface area contributed by atoms with Crippen LogP contribution in [-0.2, 0) is 11.2 Å². The Hall–Kier alpha value is -1.39. The average Bonchev–Trinajstić information content (AvgIpc) is 2.98. The Bertz CT molecular complexity index is 578. The summed E-state index contributed by atoms with van der Waals surface area (Å²) in [7, 11) is 0. The maximum atomic E-state index is 10.9. The normalized spacial score (nSPS) is 23.6. The van der Waals surface area contributed by atoms with Crippen molar-refractivity contribution in [3.8, 4) is 0 Å². The summed E-state index contributed by atoms with van der Waals surface area (Å²) in [4.78, 5) is 10.9. The molecule has 1 aliphatic heterocycles. The third-order valence-electron chi connectivity index (χ3n) is 3.57. The second-order valence-electron chi connectivity index (χ2n) is 4.79. The molecule has 2 aromatic rings. The number of aliphatic carboxylic acids is 1. The smallest absolute Gasteiger partial charge is 0.320 e. The van der Waals surface area contributed by atoms with Gasteiger partial charge in [-0.2, -0.15) is 0 Å². The van der Waals surface area contributed by atoms with E-state index in [2.05, 4.69) is 35.0 Å². The topological polar surface area (TPSA) is 49.3 Å². The molecule has 2 unspecified atom stereocenters. The largest absolute Gasteiger partial charge is 0.480 e. The van der Waals surface area contributed by atoms with Gasteiger partial charge in [-0.1, -0.05) is 18.2 Å². The van der Waals surface area contributed by atoms with Gasteiger partial charge in [0.1, 0.15) is 6.04 Å². The van der Waals surface area contributed by atoms with Crippen molar-refractivity contribution >= 4 is 27.4 Å². The lowest BCUT2D eigenvalue weighted by atomic mass is 10.0. The predicted octanol–water partition coefficient (Wildman–Crippen LogP) is 2.65. The molecule has 3 nitrogen and oxygen atoms in total. The van der Waals surface area contributed by atoms with Crippen molar-refractivity contribution in [1.82, 2.24) is 5.32 Å². The third-order valence-corrected chi connectivity index (χ3v) is 4.58. The molecule has 1 saturated heterocycles. The summed E-state index contributed by atoms with van der Waals surface area (Å²) in [5.74, 6) is -0.729. The molecular weight excluding hydrogens is 246 g/mol. The van der Waals surface area contributed by atoms with Crippen LogP contribution in [0.2, 0.25) is 0 Å². The predicted molar refractivity (Wildman–Crippen MR) is 73.1 cm³/mol. The molecule has 18 heavy (non-hydrogen) atoms. The van der Waals surface area contributed by atoms with E-state index in [1.165, 1.54) is 15.6 Å². The Morgan fingerprint density at radius 1 is 1.39 bits per heavy atom. The summed E-state index contributed by atoms with van der Waals surface area (Å²) in [5, 5.41) is 15.7. The molecule has 2 heterocycles. The maximum absolute atomic E-state index is 10.9. The second-order valence-corrected chi connectivity index (χ2v) is 5.70. The van der Waals surface area contributed by atoms with Crippen LogP contribution < -0.4 is 5.32 Å². The van der Waals surface area contributed by atoms with E-state index >= 15 is 0 Å². The summed E-state index contributed by atoms with van der Waals surface area (Å²) < 4.78 is 1.31. The highest BCUT2D eigenvalue weighted by Gasteiger charge is 2.28. The molecule has 0 spiro atoms. The summed E-state index contributed by atoms with van der Waals surface area (Å²) in [6.07, 6.45) is 2.61. The van der Waals surface area contributed by atoms with E-state index in [1.54, 1.807) is 11.3 Å². The number of hydrogen-bond donors (Lipinski definition) is 2. The molecule has 0 aliphatic carbocycles. The van der Waals surface area contributed by atoms with Crippen LogP contribution in [0.3, 0.4) is 0 Å². The van der Waals surface area contributed by atoms with Crippen LogP contribution in [0, 0.1) is 0 Å². The second kappa shape index (κ2) is 4.71. The van der Waals surface area contributed by atoms with Crippen LogP contribution in [0.5, 0.6) is 0 Å². The van der Waals surface area contributed by atoms with Crippen molar-refractivity contribution < 1.29 is 9.90 Å². The Kier molecular flexibility index (Phi) is 3.06. The monoisotopic (exact) mass is 261 g/mol. The zero-order chi connectivity index (χ0) is 12.5. The first kappa shape index (κ1) is 11.7. The first-order valence-electron chi connectivity index (χ1n) is 6.18. The lowest BCUT2D eigenvalue weighted by molar-refractivity contribution is -0.139. The molecule has 2 N–H and O–H groups in total. The van der Waals surface area contributed by atoms with Gasteiger partial charge >= 0.3 is 5.97 Å². The van der Waals surface area contributed by atoms with E-state index in [0.29, 0.717) is 6.04 Å². The molecule has 0 amide bonds. The van der Waals surface area contributed by atoms with Crippen molar-refractivity contribution in [2.45, 2.75) is 31.3 Å². The van der Waals surface area contributed by atoms with Gasteiger partial charge in [0, 0.05) is 10.7 Å². The molecule has 94 valence electrons. The first-order chi connectivity index (χ1) is 8.74. The van der Waals surface area contributed by atoms with E-state index in [0.717, 1.165) is 19.3 Å². The van der Waals surface area contributed by atoms with E-state index < -0.39 is 5.97 Å². The molecule has 2 atom stereocenters. The van der Waals surface area contributed by atoms with Gasteiger partial charge in [0.25, 0.3) is 0 Å². The standard InChI is InChI=1S/C14H15NO2S/c16-14(17)12-6-5-10(15-12)7-9-8-18-13-4-2-1-3-11(9)13/h1-4,8,10,12,15H,5-7H2,(H,16,17). The fourth-order valence-electron chi connectivity index (χ4n) is 2.63. The zero-order valence-electron chi connectivity index (χ0n) is 9.93. The van der Waals surface area contributed by atoms with Crippen LogP contribution in [-0.4, -0.2) is 23.2 Å². The van der Waals surface area contributed by atoms with Crippen LogP contribution in [0.15, 0.2) is 29.6 Å². The van der Waals surface area contributed by atoms with Crippen LogP contribution >= 0.6 is 11.3 Å². The lowest BCUT2D eigenvalue weighted by Crippen LogP contribution is -2.36. The molecule has 1 aromatic carbocycles. The number of fused-ring (bicyclic) bond motifs is 1. The number of benzene rings is 1. The number of rotatable bonds is 3. The Morgan fingerprint density at radius 2 is 2.22 bits per heavy atom. The molecular formula is C14H15NO2S. The van der Waals surface area contributed by atoms with Gasteiger partial charge in [0.2, 0.25) is 0 Å². The molecule has 0 radical (unpaired) electrons. The number of carbonyl (C=O) groups is 1. The lowest BCUT2D eigenvalue weighted by Gasteiger charge is -2.11. The SMILES string of the molecule is O=C(O)C1CCC(Cc2csc3ccccc23)N1. The van der Waals surface area contributed by atoms with E-state index in [4.69, 9.17) is 5.11 Å². The molecule has 4 heteroatoms. The van der Waals surface area contributed by atoms with Crippen LogP contribution in [0.4, 0.5) is 0 Å². The summed E-state index contributed by atoms with van der Waals surface area (Å²) in [6.45, 7) is 0. The number of nitrogens with one attached hydrogen (secondary N) is 1. The molecule has 1 aliphatic rings. The Morgan fingerprint density at radius 3 is 3.00 bits per heavy atom. The fourth-order valence-corrected chi connectivity index (χ4v) is 3.61. The molecule has 0 saturated carbocycles. The third kappa shape index (κ3) is 2.13. The van der Waals surface area contributed by atoms with Gasteiger partial charge in [-0.3, -0.25) is 4.79 Å². The minimum atomic E-state index is -0.729. The number of carboxylic acids is 1. The Balaban J connectivity index is 1.76. The maximum Gasteiger partial charge on any atom is 0.320 e. The van der Waals surface area contributed by atoms with Crippen LogP contribution in [0.1, 0.15) is 18.4 Å². The minimum absolute atomic E-state index is 0.295. The Labute approximate surface area is 109 Å². The molecule has 3 rings (SSSR count). The minimum Gasteiger partial charge on any atom is -0.480 e. The van der Waals surface area contributed by atoms with Gasteiger partial charge in [-0.05, 0) is 41.7 Å². The molecule has 1 aromatic heterocycles. The highest BCUT2D eigenvalue weighted by Crippen LogP contribution is 2.28. The van der Waals surface area contributed by atoms with Gasteiger partial charge in [-0.25, -0.2) is 0 Å². The van der Waals surface area contributed by atoms with Gasteiger partial charge in [-0.15, -0.1) is 11.3 Å². The quantitative estimate of drug-likeness (QED) is 0.893. The van der Waals surface area contributed by atoms with Crippen molar-refractivity contribution in [1.29, 1.82) is 0 Å². The number of hydrogen-bond acceptors (Lipinski definition) is 3. The van der Waals surface area contributed by atoms with Gasteiger partial charge in [0.05, 0.1) is 0 Å². The van der Waals surface area contributed by atoms with Gasteiger partial charge in [0.15, 0.2) is 0 Å². The fraction of sp³-hybridized carbons (Fsp3) is 0.357. The number of thiophene rings is 1. The van der Waals surface area contributed by atoms with Crippen molar-refractivity contribution in [2.24, 2.45) is 0 Å². The highest BCUT2D eigenvalue weighted by molar-refractivity contribution is 7.17. The van der Waals surface area contributed by atoms with Crippen molar-refractivity contribution in [2.75, 3.05) is 0 Å². The van der Waals surface area contributed by atoms with Crippen molar-refractivity contribution in [3.63, 3.8) is 0 Å². The summed E-state index contributed by atoms with van der Waals surface area (Å²) in [6, 6.07) is 8.32. The van der Waals surface area contributed by atoms with E-state index in [9.17, 15) is 4.79 Å². The molecule has 1 fully saturated rings. The number of carboxylic acid groups (broad SMARTS) is 1.